The Morgan fingerprint density at radius 2 is 1.88 bits per heavy atom. The van der Waals surface area contributed by atoms with Crippen LogP contribution in [0.1, 0.15) is 17.5 Å². The molecule has 0 saturated heterocycles. The van der Waals surface area contributed by atoms with Crippen molar-refractivity contribution < 1.29 is 9.68 Å². The normalized spacial score (nSPS) is 23.1. The molecule has 5 heteroatoms. The van der Waals surface area contributed by atoms with Gasteiger partial charge in [-0.15, -0.1) is 0 Å². The number of hydrogen-bond donors (Lipinski definition) is 1. The van der Waals surface area contributed by atoms with Crippen LogP contribution in [0.3, 0.4) is 0 Å². The van der Waals surface area contributed by atoms with Crippen LogP contribution in [0.5, 0.6) is 0 Å². The summed E-state index contributed by atoms with van der Waals surface area (Å²) < 4.78 is 2.11. The highest BCUT2D eigenvalue weighted by Gasteiger charge is 2.53. The van der Waals surface area contributed by atoms with E-state index in [1.54, 1.807) is 23.9 Å². The molecule has 2 aliphatic rings. The van der Waals surface area contributed by atoms with Crippen LogP contribution in [0, 0.1) is 11.3 Å². The van der Waals surface area contributed by atoms with Gasteiger partial charge in [-0.25, -0.2) is 9.48 Å². The molecule has 0 amide bonds. The van der Waals surface area contributed by atoms with E-state index in [1.165, 1.54) is 0 Å². The standard InChI is InChI=1S/C19H18N3OS/c20-13-15-7-9-16(10-8-15)19(23)14-21(17-5-2-1-3-6-17)18-22(19)11-4-12-24-18/h1-3,5-10,23H,4,11-12,14H2/q+1. The highest BCUT2D eigenvalue weighted by atomic mass is 32.2. The average Bonchev–Trinajstić information content (AvgIpc) is 2.97. The van der Waals surface area contributed by atoms with E-state index in [2.05, 4.69) is 27.7 Å². The molecule has 0 radical (unpaired) electrons. The van der Waals surface area contributed by atoms with Gasteiger partial charge < -0.3 is 5.11 Å². The van der Waals surface area contributed by atoms with Crippen LogP contribution in [0.2, 0.25) is 0 Å². The highest BCUT2D eigenvalue weighted by molar-refractivity contribution is 8.13. The molecule has 4 nitrogen and oxygen atoms in total. The lowest BCUT2D eigenvalue weighted by Gasteiger charge is -2.24. The Hall–Kier alpha value is -2.29. The fraction of sp³-hybridized carbons (Fsp3) is 0.263. The van der Waals surface area contributed by atoms with Gasteiger partial charge in [-0.2, -0.15) is 5.26 Å². The minimum Gasteiger partial charge on any atom is -0.346 e. The van der Waals surface area contributed by atoms with Crippen molar-refractivity contribution in [1.29, 1.82) is 5.26 Å². The van der Waals surface area contributed by atoms with Crippen molar-refractivity contribution in [2.24, 2.45) is 0 Å². The van der Waals surface area contributed by atoms with Crippen LogP contribution in [0.25, 0.3) is 0 Å². The fourth-order valence-electron chi connectivity index (χ4n) is 3.37. The van der Waals surface area contributed by atoms with E-state index in [9.17, 15) is 5.11 Å². The number of thioether (sulfide) groups is 1. The van der Waals surface area contributed by atoms with E-state index in [-0.39, 0.29) is 0 Å². The van der Waals surface area contributed by atoms with Gasteiger partial charge in [-0.05, 0) is 42.4 Å². The number of aliphatic hydroxyl groups is 1. The Morgan fingerprint density at radius 3 is 2.58 bits per heavy atom. The quantitative estimate of drug-likeness (QED) is 0.857. The number of anilines is 1. The summed E-state index contributed by atoms with van der Waals surface area (Å²) in [5.41, 5.74) is 1.47. The molecule has 4 rings (SSSR count). The molecule has 2 aromatic rings. The first kappa shape index (κ1) is 15.3. The van der Waals surface area contributed by atoms with Gasteiger partial charge in [0.2, 0.25) is 0 Å². The summed E-state index contributed by atoms with van der Waals surface area (Å²) in [5, 5.41) is 21.6. The van der Waals surface area contributed by atoms with Crippen molar-refractivity contribution in [3.63, 3.8) is 0 Å². The Labute approximate surface area is 145 Å². The molecule has 1 N–H and O–H groups in total. The Bertz CT molecular complexity index is 826. The van der Waals surface area contributed by atoms with Crippen LogP contribution in [0.4, 0.5) is 5.69 Å². The largest absolute Gasteiger partial charge is 0.346 e. The zero-order chi connectivity index (χ0) is 16.6. The number of benzene rings is 2. The van der Waals surface area contributed by atoms with E-state index in [4.69, 9.17) is 5.26 Å². The summed E-state index contributed by atoms with van der Waals surface area (Å²) >= 11 is 1.80. The maximum atomic E-state index is 11.5. The third kappa shape index (κ3) is 2.39. The van der Waals surface area contributed by atoms with Gasteiger partial charge >= 0.3 is 5.17 Å². The summed E-state index contributed by atoms with van der Waals surface area (Å²) in [4.78, 5) is 2.20. The van der Waals surface area contributed by atoms with Crippen LogP contribution >= 0.6 is 11.8 Å². The summed E-state index contributed by atoms with van der Waals surface area (Å²) in [6, 6.07) is 19.6. The first-order valence-corrected chi connectivity index (χ1v) is 9.04. The first-order valence-electron chi connectivity index (χ1n) is 8.05. The predicted octanol–water partition coefficient (Wildman–Crippen LogP) is 2.73. The molecule has 2 aromatic carbocycles. The molecule has 0 fully saturated rings. The smallest absolute Gasteiger partial charge is 0.316 e. The highest BCUT2D eigenvalue weighted by Crippen LogP contribution is 2.37. The minimum atomic E-state index is -1.06. The number of rotatable bonds is 2. The van der Waals surface area contributed by atoms with Gasteiger partial charge in [0, 0.05) is 11.3 Å². The van der Waals surface area contributed by atoms with Crippen LogP contribution in [-0.2, 0) is 5.72 Å². The Balaban J connectivity index is 1.79. The van der Waals surface area contributed by atoms with Crippen molar-refractivity contribution in [3.8, 4) is 6.07 Å². The minimum absolute atomic E-state index is 0.491. The van der Waals surface area contributed by atoms with Gasteiger partial charge in [-0.1, -0.05) is 30.3 Å². The maximum absolute atomic E-state index is 11.5. The molecule has 1 atom stereocenters. The number of nitrogens with zero attached hydrogens (tertiary/aromatic N) is 3. The monoisotopic (exact) mass is 336 g/mol. The van der Waals surface area contributed by atoms with E-state index >= 15 is 0 Å². The van der Waals surface area contributed by atoms with Crippen molar-refractivity contribution in [3.05, 3.63) is 65.7 Å². The summed E-state index contributed by atoms with van der Waals surface area (Å²) in [5.74, 6) is 1.07. The predicted molar refractivity (Wildman–Crippen MR) is 96.1 cm³/mol. The van der Waals surface area contributed by atoms with Crippen LogP contribution in [0.15, 0.2) is 54.6 Å². The zero-order valence-electron chi connectivity index (χ0n) is 13.2. The second-order valence-corrected chi connectivity index (χ2v) is 7.13. The van der Waals surface area contributed by atoms with Crippen LogP contribution in [-0.4, -0.2) is 33.7 Å². The number of nitriles is 1. The lowest BCUT2D eigenvalue weighted by atomic mass is 10.0. The molecule has 0 saturated carbocycles. The SMILES string of the molecule is N#Cc1ccc(C2(O)CN(c3ccccc3)C3=[N+]2CCCS3)cc1. The van der Waals surface area contributed by atoms with Crippen LogP contribution < -0.4 is 4.90 Å². The molecule has 1 unspecified atom stereocenters. The molecular weight excluding hydrogens is 318 g/mol. The second kappa shape index (κ2) is 5.97. The molecule has 0 bridgehead atoms. The van der Waals surface area contributed by atoms with Crippen molar-refractivity contribution in [2.75, 3.05) is 23.7 Å². The number of para-hydroxylation sites is 1. The molecule has 2 aliphatic heterocycles. The van der Waals surface area contributed by atoms with E-state index in [0.29, 0.717) is 12.1 Å². The van der Waals surface area contributed by atoms with Gasteiger partial charge in [-0.3, -0.25) is 0 Å². The third-order valence-corrected chi connectivity index (χ3v) is 5.78. The van der Waals surface area contributed by atoms with Gasteiger partial charge in [0.1, 0.15) is 5.69 Å². The maximum Gasteiger partial charge on any atom is 0.316 e. The molecule has 0 spiro atoms. The molecule has 2 heterocycles. The van der Waals surface area contributed by atoms with Gasteiger partial charge in [0.05, 0.1) is 18.2 Å². The lowest BCUT2D eigenvalue weighted by molar-refractivity contribution is -0.656. The third-order valence-electron chi connectivity index (χ3n) is 4.59. The summed E-state index contributed by atoms with van der Waals surface area (Å²) in [7, 11) is 0. The molecule has 120 valence electrons. The molecule has 0 aliphatic carbocycles. The Kier molecular flexibility index (Phi) is 3.79. The topological polar surface area (TPSA) is 50.3 Å². The summed E-state index contributed by atoms with van der Waals surface area (Å²) in [6.07, 6.45) is 1.05. The Morgan fingerprint density at radius 1 is 1.12 bits per heavy atom. The van der Waals surface area contributed by atoms with Crippen molar-refractivity contribution in [1.82, 2.24) is 0 Å². The molecular formula is C19H18N3OS+. The average molecular weight is 336 g/mol. The lowest BCUT2D eigenvalue weighted by Crippen LogP contribution is -2.41. The zero-order valence-corrected chi connectivity index (χ0v) is 14.0. The number of β-amino-alcohol motifs (C(OH)–C–C–N with tert-alkyl or cyclic N) is 1. The number of amidine groups is 1. The van der Waals surface area contributed by atoms with Crippen molar-refractivity contribution in [2.45, 2.75) is 12.1 Å². The van der Waals surface area contributed by atoms with E-state index in [0.717, 1.165) is 35.1 Å². The van der Waals surface area contributed by atoms with Crippen molar-refractivity contribution >= 4 is 22.6 Å². The second-order valence-electron chi connectivity index (χ2n) is 6.06. The molecule has 0 aromatic heterocycles. The number of hydrogen-bond acceptors (Lipinski definition) is 4. The fourth-order valence-corrected chi connectivity index (χ4v) is 4.55. The van der Waals surface area contributed by atoms with Gasteiger partial charge in [0.15, 0.2) is 6.54 Å². The van der Waals surface area contributed by atoms with E-state index < -0.39 is 5.72 Å². The van der Waals surface area contributed by atoms with E-state index in [1.807, 2.05) is 30.3 Å². The molecule has 24 heavy (non-hydrogen) atoms. The summed E-state index contributed by atoms with van der Waals surface area (Å²) in [6.45, 7) is 1.33. The van der Waals surface area contributed by atoms with Gasteiger partial charge in [0.25, 0.3) is 5.72 Å². The first-order chi connectivity index (χ1) is 11.7.